The van der Waals surface area contributed by atoms with Gasteiger partial charge in [0.2, 0.25) is 0 Å². The Morgan fingerprint density at radius 1 is 1.45 bits per heavy atom. The number of thiophene rings is 1. The number of hydrogen-bond acceptors (Lipinski definition) is 6. The first-order valence-corrected chi connectivity index (χ1v) is 7.98. The summed E-state index contributed by atoms with van der Waals surface area (Å²) >= 11 is 5.72. The van der Waals surface area contributed by atoms with Crippen molar-refractivity contribution < 1.29 is 9.53 Å². The van der Waals surface area contributed by atoms with E-state index in [2.05, 4.69) is 17.6 Å². The van der Waals surface area contributed by atoms with E-state index in [4.69, 9.17) is 16.2 Å². The van der Waals surface area contributed by atoms with Gasteiger partial charge in [-0.3, -0.25) is 9.78 Å². The van der Waals surface area contributed by atoms with Crippen LogP contribution in [0.15, 0.2) is 24.0 Å². The van der Waals surface area contributed by atoms with Crippen molar-refractivity contribution in [3.8, 4) is 10.8 Å². The number of nitrogens with zero attached hydrogens (tertiary/aromatic N) is 1. The second-order valence-corrected chi connectivity index (χ2v) is 6.43. The smallest absolute Gasteiger partial charge is 0.259 e. The number of thiol groups is 1. The SMILES string of the molecule is Cc1ncccc1Oc1sc(C(N)=O)c2c1C(S)=C(N)CC2. The number of pyridine rings is 1. The maximum absolute atomic E-state index is 11.7. The predicted octanol–water partition coefficient (Wildman–Crippen LogP) is 2.85. The number of allylic oxidation sites excluding steroid dienone is 1. The summed E-state index contributed by atoms with van der Waals surface area (Å²) in [6.07, 6.45) is 3.02. The quantitative estimate of drug-likeness (QED) is 0.753. The fourth-order valence-corrected chi connectivity index (χ4v) is 3.90. The van der Waals surface area contributed by atoms with Gasteiger partial charge < -0.3 is 16.2 Å². The maximum atomic E-state index is 11.7. The molecule has 1 amide bonds. The van der Waals surface area contributed by atoms with Crippen LogP contribution in [0.3, 0.4) is 0 Å². The lowest BCUT2D eigenvalue weighted by molar-refractivity contribution is 0.100. The van der Waals surface area contributed by atoms with Crippen LogP contribution in [0.1, 0.15) is 32.9 Å². The van der Waals surface area contributed by atoms with Crippen LogP contribution in [-0.4, -0.2) is 10.9 Å². The molecule has 3 rings (SSSR count). The topological polar surface area (TPSA) is 91.2 Å². The molecule has 0 aromatic carbocycles. The minimum atomic E-state index is -0.458. The summed E-state index contributed by atoms with van der Waals surface area (Å²) in [4.78, 5) is 17.0. The first-order valence-electron chi connectivity index (χ1n) is 6.72. The highest BCUT2D eigenvalue weighted by Crippen LogP contribution is 2.47. The zero-order valence-corrected chi connectivity index (χ0v) is 13.6. The Balaban J connectivity index is 2.13. The molecule has 7 heteroatoms. The molecule has 0 spiro atoms. The number of ether oxygens (including phenoxy) is 1. The van der Waals surface area contributed by atoms with Gasteiger partial charge in [-0.25, -0.2) is 0 Å². The van der Waals surface area contributed by atoms with E-state index in [1.54, 1.807) is 12.3 Å². The highest BCUT2D eigenvalue weighted by Gasteiger charge is 2.28. The van der Waals surface area contributed by atoms with Gasteiger partial charge in [-0.2, -0.15) is 0 Å². The largest absolute Gasteiger partial charge is 0.444 e. The van der Waals surface area contributed by atoms with Crippen molar-refractivity contribution in [2.75, 3.05) is 0 Å². The third-order valence-electron chi connectivity index (χ3n) is 3.54. The molecular formula is C15H15N3O2S2. The molecule has 0 saturated heterocycles. The normalized spacial score (nSPS) is 13.9. The molecule has 114 valence electrons. The zero-order valence-electron chi connectivity index (χ0n) is 11.9. The Morgan fingerprint density at radius 3 is 2.91 bits per heavy atom. The number of aromatic nitrogens is 1. The van der Waals surface area contributed by atoms with Crippen molar-refractivity contribution in [2.45, 2.75) is 19.8 Å². The lowest BCUT2D eigenvalue weighted by Crippen LogP contribution is -2.14. The average Bonchev–Trinajstić information content (AvgIpc) is 2.85. The van der Waals surface area contributed by atoms with Gasteiger partial charge in [0.1, 0.15) is 5.75 Å². The molecule has 2 aromatic heterocycles. The molecule has 4 N–H and O–H groups in total. The van der Waals surface area contributed by atoms with E-state index in [0.29, 0.717) is 39.1 Å². The summed E-state index contributed by atoms with van der Waals surface area (Å²) in [7, 11) is 0. The minimum Gasteiger partial charge on any atom is -0.444 e. The van der Waals surface area contributed by atoms with Crippen molar-refractivity contribution in [3.63, 3.8) is 0 Å². The average molecular weight is 333 g/mol. The van der Waals surface area contributed by atoms with Crippen LogP contribution >= 0.6 is 24.0 Å². The van der Waals surface area contributed by atoms with Gasteiger partial charge in [0.15, 0.2) is 5.06 Å². The summed E-state index contributed by atoms with van der Waals surface area (Å²) in [5.41, 5.74) is 14.6. The molecule has 22 heavy (non-hydrogen) atoms. The molecule has 1 aliphatic rings. The summed E-state index contributed by atoms with van der Waals surface area (Å²) in [6.45, 7) is 1.86. The van der Waals surface area contributed by atoms with Gasteiger partial charge in [-0.15, -0.1) is 12.6 Å². The summed E-state index contributed by atoms with van der Waals surface area (Å²) in [5.74, 6) is 0.175. The van der Waals surface area contributed by atoms with Crippen molar-refractivity contribution in [1.29, 1.82) is 0 Å². The van der Waals surface area contributed by atoms with Crippen LogP contribution in [0.2, 0.25) is 0 Å². The van der Waals surface area contributed by atoms with Gasteiger partial charge in [0.25, 0.3) is 5.91 Å². The predicted molar refractivity (Wildman–Crippen MR) is 90.3 cm³/mol. The van der Waals surface area contributed by atoms with Crippen molar-refractivity contribution in [2.24, 2.45) is 11.5 Å². The Labute approximate surface area is 137 Å². The first kappa shape index (κ1) is 14.9. The van der Waals surface area contributed by atoms with Gasteiger partial charge in [0.05, 0.1) is 10.6 Å². The fourth-order valence-electron chi connectivity index (χ4n) is 2.41. The third kappa shape index (κ3) is 2.46. The summed E-state index contributed by atoms with van der Waals surface area (Å²) in [5, 5.41) is 0.576. The number of rotatable bonds is 3. The summed E-state index contributed by atoms with van der Waals surface area (Å²) < 4.78 is 5.97. The number of carbonyl (C=O) groups is 1. The van der Waals surface area contributed by atoms with E-state index in [9.17, 15) is 4.79 Å². The Morgan fingerprint density at radius 2 is 2.23 bits per heavy atom. The molecule has 5 nitrogen and oxygen atoms in total. The highest BCUT2D eigenvalue weighted by molar-refractivity contribution is 7.90. The Hall–Kier alpha value is -1.99. The fraction of sp³-hybridized carbons (Fsp3) is 0.200. The molecular weight excluding hydrogens is 318 g/mol. The van der Waals surface area contributed by atoms with Crippen molar-refractivity contribution in [3.05, 3.63) is 45.7 Å². The zero-order chi connectivity index (χ0) is 15.9. The minimum absolute atomic E-state index is 0.458. The van der Waals surface area contributed by atoms with Crippen LogP contribution in [0.5, 0.6) is 10.8 Å². The number of hydrogen-bond donors (Lipinski definition) is 3. The second kappa shape index (κ2) is 5.66. The van der Waals surface area contributed by atoms with Crippen LogP contribution < -0.4 is 16.2 Å². The third-order valence-corrected chi connectivity index (χ3v) is 5.18. The van der Waals surface area contributed by atoms with E-state index < -0.39 is 5.91 Å². The molecule has 0 saturated carbocycles. The molecule has 0 bridgehead atoms. The molecule has 2 heterocycles. The van der Waals surface area contributed by atoms with Crippen LogP contribution in [0, 0.1) is 6.92 Å². The molecule has 2 aromatic rings. The van der Waals surface area contributed by atoms with Crippen LogP contribution in [0.25, 0.3) is 4.91 Å². The molecule has 0 unspecified atom stereocenters. The number of carbonyl (C=O) groups excluding carboxylic acids is 1. The number of primary amides is 1. The van der Waals surface area contributed by atoms with Gasteiger partial charge in [0, 0.05) is 22.4 Å². The monoisotopic (exact) mass is 333 g/mol. The van der Waals surface area contributed by atoms with E-state index in [1.807, 2.05) is 13.0 Å². The number of aryl methyl sites for hydroxylation is 1. The lowest BCUT2D eigenvalue weighted by Gasteiger charge is -2.16. The van der Waals surface area contributed by atoms with Crippen molar-refractivity contribution >= 4 is 34.8 Å². The number of fused-ring (bicyclic) bond motifs is 1. The molecule has 0 atom stereocenters. The standard InChI is InChI=1S/C15H15N3O2S2/c1-7-10(3-2-6-18-7)20-15-11-8(13(22-15)14(17)19)4-5-9(16)12(11)21/h2-3,6,21H,4-5,16H2,1H3,(H2,17,19). The molecule has 0 aliphatic heterocycles. The van der Waals surface area contributed by atoms with Gasteiger partial charge in [-0.05, 0) is 37.5 Å². The second-order valence-electron chi connectivity index (χ2n) is 5.00. The van der Waals surface area contributed by atoms with E-state index in [1.165, 1.54) is 11.3 Å². The van der Waals surface area contributed by atoms with Gasteiger partial charge >= 0.3 is 0 Å². The number of nitrogens with two attached hydrogens (primary N) is 2. The van der Waals surface area contributed by atoms with E-state index in [-0.39, 0.29) is 0 Å². The van der Waals surface area contributed by atoms with Gasteiger partial charge in [-0.1, -0.05) is 11.3 Å². The molecule has 1 aliphatic carbocycles. The summed E-state index contributed by atoms with van der Waals surface area (Å²) in [6, 6.07) is 3.62. The van der Waals surface area contributed by atoms with Crippen molar-refractivity contribution in [1.82, 2.24) is 4.98 Å². The maximum Gasteiger partial charge on any atom is 0.259 e. The Bertz CT molecular complexity index is 796. The van der Waals surface area contributed by atoms with Crippen LogP contribution in [0.4, 0.5) is 0 Å². The lowest BCUT2D eigenvalue weighted by atomic mass is 9.97. The Kier molecular flexibility index (Phi) is 3.84. The number of amides is 1. The molecule has 0 radical (unpaired) electrons. The van der Waals surface area contributed by atoms with E-state index in [0.717, 1.165) is 16.8 Å². The highest BCUT2D eigenvalue weighted by atomic mass is 32.1. The molecule has 0 fully saturated rings. The first-order chi connectivity index (χ1) is 10.5. The van der Waals surface area contributed by atoms with E-state index >= 15 is 0 Å². The van der Waals surface area contributed by atoms with Crippen LogP contribution in [-0.2, 0) is 6.42 Å².